The second-order valence-corrected chi connectivity index (χ2v) is 4.81. The first kappa shape index (κ1) is 12.5. The molecule has 0 aliphatic heterocycles. The Hall–Kier alpha value is -0.990. The maximum Gasteiger partial charge on any atom is 0.126 e. The van der Waals surface area contributed by atoms with Crippen LogP contribution in [0.25, 0.3) is 0 Å². The molecule has 2 nitrogen and oxygen atoms in total. The molecule has 0 fully saturated rings. The van der Waals surface area contributed by atoms with Gasteiger partial charge in [-0.2, -0.15) is 0 Å². The average Bonchev–Trinajstić information content (AvgIpc) is 2.32. The van der Waals surface area contributed by atoms with Crippen LogP contribution in [0.2, 0.25) is 5.02 Å². The molecule has 1 N–H and O–H groups in total. The van der Waals surface area contributed by atoms with Gasteiger partial charge in [0.25, 0.3) is 0 Å². The van der Waals surface area contributed by atoms with E-state index in [1.54, 1.807) is 19.1 Å². The van der Waals surface area contributed by atoms with Crippen molar-refractivity contribution in [1.29, 1.82) is 0 Å². The molecular formula is C14H17ClO2. The van der Waals surface area contributed by atoms with Gasteiger partial charge in [-0.1, -0.05) is 17.7 Å². The summed E-state index contributed by atoms with van der Waals surface area (Å²) in [6.07, 6.45) is 7.08. The maximum atomic E-state index is 9.70. The third kappa shape index (κ3) is 3.24. The largest absolute Gasteiger partial charge is 0.486 e. The Bertz CT molecular complexity index is 413. The Morgan fingerprint density at radius 1 is 1.47 bits per heavy atom. The normalized spacial score (nSPS) is 21.2. The maximum absolute atomic E-state index is 9.70. The number of hydrogen-bond acceptors (Lipinski definition) is 2. The molecule has 1 aromatic rings. The van der Waals surface area contributed by atoms with Crippen LogP contribution in [0.5, 0.6) is 5.75 Å². The van der Waals surface area contributed by atoms with E-state index in [1.807, 2.05) is 6.07 Å². The zero-order valence-electron chi connectivity index (χ0n) is 9.90. The van der Waals surface area contributed by atoms with Crippen molar-refractivity contribution in [3.63, 3.8) is 0 Å². The number of hydrogen-bond donors (Lipinski definition) is 1. The second kappa shape index (κ2) is 5.56. The Morgan fingerprint density at radius 3 is 2.94 bits per heavy atom. The van der Waals surface area contributed by atoms with Crippen LogP contribution in [0.1, 0.15) is 37.9 Å². The number of allylic oxidation sites excluding steroid dienone is 1. The molecule has 17 heavy (non-hydrogen) atoms. The number of halogens is 1. The van der Waals surface area contributed by atoms with E-state index in [9.17, 15) is 5.11 Å². The summed E-state index contributed by atoms with van der Waals surface area (Å²) in [5, 5.41) is 10.3. The molecule has 0 saturated heterocycles. The van der Waals surface area contributed by atoms with Gasteiger partial charge in [-0.3, -0.25) is 0 Å². The van der Waals surface area contributed by atoms with E-state index in [2.05, 4.69) is 12.2 Å². The minimum absolute atomic E-state index is 0.113. The molecular weight excluding hydrogens is 236 g/mol. The molecule has 0 aromatic heterocycles. The predicted octanol–water partition coefficient (Wildman–Crippen LogP) is 3.88. The van der Waals surface area contributed by atoms with Crippen LogP contribution in [0.3, 0.4) is 0 Å². The molecule has 1 unspecified atom stereocenters. The third-order valence-corrected chi connectivity index (χ3v) is 3.15. The third-order valence-electron chi connectivity index (χ3n) is 2.91. The van der Waals surface area contributed by atoms with Crippen molar-refractivity contribution in [3.8, 4) is 5.75 Å². The predicted molar refractivity (Wildman–Crippen MR) is 69.5 cm³/mol. The van der Waals surface area contributed by atoms with Gasteiger partial charge in [0.1, 0.15) is 11.9 Å². The smallest absolute Gasteiger partial charge is 0.126 e. The molecule has 1 aromatic carbocycles. The van der Waals surface area contributed by atoms with Crippen molar-refractivity contribution in [2.45, 2.75) is 38.4 Å². The van der Waals surface area contributed by atoms with Crippen molar-refractivity contribution in [2.75, 3.05) is 0 Å². The molecule has 0 heterocycles. The van der Waals surface area contributed by atoms with E-state index in [0.717, 1.165) is 30.6 Å². The van der Waals surface area contributed by atoms with E-state index in [4.69, 9.17) is 16.3 Å². The van der Waals surface area contributed by atoms with E-state index in [0.29, 0.717) is 5.02 Å². The number of rotatable bonds is 3. The van der Waals surface area contributed by atoms with E-state index in [-0.39, 0.29) is 6.10 Å². The highest BCUT2D eigenvalue weighted by Crippen LogP contribution is 2.30. The van der Waals surface area contributed by atoms with Crippen molar-refractivity contribution in [1.82, 2.24) is 0 Å². The van der Waals surface area contributed by atoms with Crippen molar-refractivity contribution >= 4 is 11.6 Å². The van der Waals surface area contributed by atoms with Gasteiger partial charge in [-0.25, -0.2) is 0 Å². The summed E-state index contributed by atoms with van der Waals surface area (Å²) in [5.41, 5.74) is 0.747. The summed E-state index contributed by atoms with van der Waals surface area (Å²) < 4.78 is 5.90. The summed E-state index contributed by atoms with van der Waals surface area (Å²) in [4.78, 5) is 0. The first-order valence-corrected chi connectivity index (χ1v) is 6.35. The van der Waals surface area contributed by atoms with Gasteiger partial charge in [-0.05, 0) is 50.5 Å². The fraction of sp³-hybridized carbons (Fsp3) is 0.429. The number of benzene rings is 1. The molecule has 0 amide bonds. The molecule has 92 valence electrons. The van der Waals surface area contributed by atoms with E-state index < -0.39 is 6.10 Å². The fourth-order valence-electron chi connectivity index (χ4n) is 2.00. The number of ether oxygens (including phenoxy) is 1. The Labute approximate surface area is 107 Å². The SMILES string of the molecule is C[C@H](O)c1cc(Cl)ccc1OC1C=CCCC1. The van der Waals surface area contributed by atoms with E-state index in [1.165, 1.54) is 0 Å². The fourth-order valence-corrected chi connectivity index (χ4v) is 2.18. The topological polar surface area (TPSA) is 29.5 Å². The Balaban J connectivity index is 2.19. The van der Waals surface area contributed by atoms with Crippen molar-refractivity contribution in [2.24, 2.45) is 0 Å². The van der Waals surface area contributed by atoms with Crippen LogP contribution < -0.4 is 4.74 Å². The van der Waals surface area contributed by atoms with Crippen molar-refractivity contribution < 1.29 is 9.84 Å². The number of aliphatic hydroxyl groups is 1. The highest BCUT2D eigenvalue weighted by atomic mass is 35.5. The monoisotopic (exact) mass is 252 g/mol. The highest BCUT2D eigenvalue weighted by molar-refractivity contribution is 6.30. The summed E-state index contributed by atoms with van der Waals surface area (Å²) in [5.74, 6) is 0.723. The molecule has 3 heteroatoms. The quantitative estimate of drug-likeness (QED) is 0.828. The lowest BCUT2D eigenvalue weighted by molar-refractivity contribution is 0.180. The molecule has 0 bridgehead atoms. The van der Waals surface area contributed by atoms with Crippen LogP contribution in [0.15, 0.2) is 30.4 Å². The molecule has 0 radical (unpaired) electrons. The van der Waals surface area contributed by atoms with Gasteiger partial charge in [0, 0.05) is 10.6 Å². The van der Waals surface area contributed by atoms with Crippen LogP contribution in [0.4, 0.5) is 0 Å². The van der Waals surface area contributed by atoms with Gasteiger partial charge in [0.15, 0.2) is 0 Å². The van der Waals surface area contributed by atoms with Crippen LogP contribution >= 0.6 is 11.6 Å². The minimum Gasteiger partial charge on any atom is -0.486 e. The van der Waals surface area contributed by atoms with Crippen LogP contribution in [-0.2, 0) is 0 Å². The van der Waals surface area contributed by atoms with Gasteiger partial charge in [0.2, 0.25) is 0 Å². The van der Waals surface area contributed by atoms with E-state index >= 15 is 0 Å². The standard InChI is InChI=1S/C14H17ClO2/c1-10(16)13-9-11(15)7-8-14(13)17-12-5-3-2-4-6-12/h3,5,7-10,12,16H,2,4,6H2,1H3/t10-,12?/m0/s1. The number of aliphatic hydroxyl groups excluding tert-OH is 1. The van der Waals surface area contributed by atoms with Crippen LogP contribution in [-0.4, -0.2) is 11.2 Å². The summed E-state index contributed by atoms with van der Waals surface area (Å²) in [6, 6.07) is 5.37. The molecule has 1 aliphatic rings. The first-order valence-electron chi connectivity index (χ1n) is 5.97. The van der Waals surface area contributed by atoms with Gasteiger partial charge >= 0.3 is 0 Å². The summed E-state index contributed by atoms with van der Waals surface area (Å²) >= 11 is 5.92. The Kier molecular flexibility index (Phi) is 4.08. The zero-order valence-corrected chi connectivity index (χ0v) is 10.7. The minimum atomic E-state index is -0.573. The lowest BCUT2D eigenvalue weighted by Gasteiger charge is -2.21. The molecule has 2 atom stereocenters. The lowest BCUT2D eigenvalue weighted by atomic mass is 10.0. The van der Waals surface area contributed by atoms with Gasteiger partial charge in [-0.15, -0.1) is 0 Å². The average molecular weight is 253 g/mol. The molecule has 2 rings (SSSR count). The van der Waals surface area contributed by atoms with Crippen LogP contribution in [0, 0.1) is 0 Å². The first-order chi connectivity index (χ1) is 8.16. The molecule has 0 spiro atoms. The summed E-state index contributed by atoms with van der Waals surface area (Å²) in [7, 11) is 0. The Morgan fingerprint density at radius 2 is 2.29 bits per heavy atom. The highest BCUT2D eigenvalue weighted by Gasteiger charge is 2.15. The lowest BCUT2D eigenvalue weighted by Crippen LogP contribution is -2.16. The second-order valence-electron chi connectivity index (χ2n) is 4.37. The van der Waals surface area contributed by atoms with Gasteiger partial charge < -0.3 is 9.84 Å². The summed E-state index contributed by atoms with van der Waals surface area (Å²) in [6.45, 7) is 1.72. The van der Waals surface area contributed by atoms with Gasteiger partial charge in [0.05, 0.1) is 6.10 Å². The zero-order chi connectivity index (χ0) is 12.3. The molecule has 0 saturated carbocycles. The van der Waals surface area contributed by atoms with Crippen molar-refractivity contribution in [3.05, 3.63) is 40.9 Å². The molecule has 1 aliphatic carbocycles.